The van der Waals surface area contributed by atoms with E-state index in [1.54, 1.807) is 6.20 Å². The van der Waals surface area contributed by atoms with E-state index in [1.165, 1.54) is 5.56 Å². The molecule has 1 aliphatic rings. The van der Waals surface area contributed by atoms with Crippen LogP contribution in [0.1, 0.15) is 21.5 Å². The maximum Gasteiger partial charge on any atom is 0.251 e. The molecule has 0 spiro atoms. The maximum atomic E-state index is 12.5. The standard InChI is InChI=1S/C21H24BrN5O/c1-26-6-8-27(9-7-26)14-16-4-2-15(3-5-16)12-23-21(28)17-10-18-13-24-25-20(18)19(22)11-17/h2-5,10-11,13H,6-9,12,14H2,1H3,(H,23,28)(H,24,25). The number of hydrogen-bond donors (Lipinski definition) is 2. The summed E-state index contributed by atoms with van der Waals surface area (Å²) in [7, 11) is 2.17. The second-order valence-electron chi connectivity index (χ2n) is 7.37. The average molecular weight is 442 g/mol. The number of halogens is 1. The number of hydrogen-bond acceptors (Lipinski definition) is 4. The van der Waals surface area contributed by atoms with Crippen LogP contribution in [-0.4, -0.2) is 59.1 Å². The number of fused-ring (bicyclic) bond motifs is 1. The molecule has 146 valence electrons. The highest BCUT2D eigenvalue weighted by Crippen LogP contribution is 2.23. The maximum absolute atomic E-state index is 12.5. The molecule has 3 aromatic rings. The lowest BCUT2D eigenvalue weighted by Gasteiger charge is -2.32. The summed E-state index contributed by atoms with van der Waals surface area (Å²) in [6, 6.07) is 12.2. The quantitative estimate of drug-likeness (QED) is 0.638. The lowest BCUT2D eigenvalue weighted by Crippen LogP contribution is -2.43. The van der Waals surface area contributed by atoms with Gasteiger partial charge >= 0.3 is 0 Å². The third kappa shape index (κ3) is 4.43. The zero-order valence-corrected chi connectivity index (χ0v) is 17.5. The van der Waals surface area contributed by atoms with Gasteiger partial charge in [-0.25, -0.2) is 0 Å². The minimum absolute atomic E-state index is 0.0923. The number of piperazine rings is 1. The smallest absolute Gasteiger partial charge is 0.251 e. The van der Waals surface area contributed by atoms with Crippen LogP contribution in [0.4, 0.5) is 0 Å². The first-order valence-corrected chi connectivity index (χ1v) is 10.3. The molecule has 1 saturated heterocycles. The van der Waals surface area contributed by atoms with Crippen molar-refractivity contribution >= 4 is 32.7 Å². The van der Waals surface area contributed by atoms with Crippen LogP contribution in [0.25, 0.3) is 10.9 Å². The Bertz CT molecular complexity index is 961. The van der Waals surface area contributed by atoms with E-state index in [1.807, 2.05) is 12.1 Å². The zero-order chi connectivity index (χ0) is 19.5. The fraction of sp³-hybridized carbons (Fsp3) is 0.333. The molecule has 0 saturated carbocycles. The lowest BCUT2D eigenvalue weighted by atomic mass is 10.1. The van der Waals surface area contributed by atoms with Crippen molar-refractivity contribution < 1.29 is 4.79 Å². The Labute approximate surface area is 173 Å². The number of amides is 1. The fourth-order valence-electron chi connectivity index (χ4n) is 3.46. The number of aromatic amines is 1. The first-order chi connectivity index (χ1) is 13.6. The molecule has 1 aliphatic heterocycles. The minimum Gasteiger partial charge on any atom is -0.348 e. The van der Waals surface area contributed by atoms with Crippen LogP contribution >= 0.6 is 15.9 Å². The number of aromatic nitrogens is 2. The van der Waals surface area contributed by atoms with Gasteiger partial charge in [-0.2, -0.15) is 5.10 Å². The van der Waals surface area contributed by atoms with Gasteiger partial charge in [-0.05, 0) is 46.2 Å². The van der Waals surface area contributed by atoms with E-state index < -0.39 is 0 Å². The van der Waals surface area contributed by atoms with Crippen molar-refractivity contribution in [2.24, 2.45) is 0 Å². The summed E-state index contributed by atoms with van der Waals surface area (Å²) in [6.45, 7) is 5.99. The molecular formula is C21H24BrN5O. The van der Waals surface area contributed by atoms with Gasteiger partial charge in [0, 0.05) is 54.7 Å². The van der Waals surface area contributed by atoms with Gasteiger partial charge in [-0.1, -0.05) is 24.3 Å². The second kappa shape index (κ2) is 8.43. The summed E-state index contributed by atoms with van der Waals surface area (Å²) in [5.41, 5.74) is 3.92. The second-order valence-corrected chi connectivity index (χ2v) is 8.23. The number of benzene rings is 2. The van der Waals surface area contributed by atoms with Gasteiger partial charge in [0.1, 0.15) is 0 Å². The summed E-state index contributed by atoms with van der Waals surface area (Å²) in [5, 5.41) is 10.8. The van der Waals surface area contributed by atoms with Gasteiger partial charge in [0.05, 0.1) is 11.7 Å². The predicted octanol–water partition coefficient (Wildman–Crippen LogP) is 3.00. The summed E-state index contributed by atoms with van der Waals surface area (Å²) < 4.78 is 0.834. The van der Waals surface area contributed by atoms with E-state index in [9.17, 15) is 4.79 Å². The number of rotatable bonds is 5. The van der Waals surface area contributed by atoms with E-state index in [4.69, 9.17) is 0 Å². The molecule has 0 bridgehead atoms. The molecule has 2 N–H and O–H groups in total. The number of carbonyl (C=O) groups is 1. The highest BCUT2D eigenvalue weighted by Gasteiger charge is 2.14. The zero-order valence-electron chi connectivity index (χ0n) is 15.9. The molecule has 0 radical (unpaired) electrons. The Balaban J connectivity index is 1.33. The third-order valence-electron chi connectivity index (χ3n) is 5.24. The lowest BCUT2D eigenvalue weighted by molar-refractivity contribution is 0.0951. The summed E-state index contributed by atoms with van der Waals surface area (Å²) >= 11 is 3.49. The predicted molar refractivity (Wildman–Crippen MR) is 114 cm³/mol. The Morgan fingerprint density at radius 3 is 2.61 bits per heavy atom. The number of likely N-dealkylation sites (N-methyl/N-ethyl adjacent to an activating group) is 1. The van der Waals surface area contributed by atoms with Gasteiger partial charge in [0.2, 0.25) is 0 Å². The van der Waals surface area contributed by atoms with Crippen molar-refractivity contribution in [1.82, 2.24) is 25.3 Å². The van der Waals surface area contributed by atoms with E-state index in [2.05, 4.69) is 72.6 Å². The number of carbonyl (C=O) groups excluding carboxylic acids is 1. The molecule has 1 amide bonds. The van der Waals surface area contributed by atoms with Crippen LogP contribution in [-0.2, 0) is 13.1 Å². The topological polar surface area (TPSA) is 64.3 Å². The molecule has 0 unspecified atom stereocenters. The molecule has 7 heteroatoms. The molecule has 0 atom stereocenters. The number of H-pyrrole nitrogens is 1. The minimum atomic E-state index is -0.0923. The van der Waals surface area contributed by atoms with Crippen LogP contribution in [0.5, 0.6) is 0 Å². The van der Waals surface area contributed by atoms with E-state index in [0.29, 0.717) is 12.1 Å². The molecule has 28 heavy (non-hydrogen) atoms. The highest BCUT2D eigenvalue weighted by atomic mass is 79.9. The molecule has 4 rings (SSSR count). The first-order valence-electron chi connectivity index (χ1n) is 9.48. The van der Waals surface area contributed by atoms with Crippen molar-refractivity contribution in [3.8, 4) is 0 Å². The van der Waals surface area contributed by atoms with Crippen molar-refractivity contribution in [2.45, 2.75) is 13.1 Å². The molecule has 0 aliphatic carbocycles. The summed E-state index contributed by atoms with van der Waals surface area (Å²) in [5.74, 6) is -0.0923. The van der Waals surface area contributed by atoms with E-state index >= 15 is 0 Å². The van der Waals surface area contributed by atoms with E-state index in [-0.39, 0.29) is 5.91 Å². The van der Waals surface area contributed by atoms with Crippen LogP contribution in [0.3, 0.4) is 0 Å². The number of nitrogens with zero attached hydrogens (tertiary/aromatic N) is 3. The summed E-state index contributed by atoms with van der Waals surface area (Å²) in [6.07, 6.45) is 1.72. The Morgan fingerprint density at radius 2 is 1.86 bits per heavy atom. The van der Waals surface area contributed by atoms with Crippen LogP contribution in [0.15, 0.2) is 47.1 Å². The van der Waals surface area contributed by atoms with E-state index in [0.717, 1.165) is 53.7 Å². The van der Waals surface area contributed by atoms with Crippen LogP contribution in [0.2, 0.25) is 0 Å². The molecule has 1 fully saturated rings. The van der Waals surface area contributed by atoms with Crippen molar-refractivity contribution in [1.29, 1.82) is 0 Å². The van der Waals surface area contributed by atoms with Crippen LogP contribution in [0, 0.1) is 0 Å². The monoisotopic (exact) mass is 441 g/mol. The highest BCUT2D eigenvalue weighted by molar-refractivity contribution is 9.10. The van der Waals surface area contributed by atoms with Gasteiger partial charge in [-0.15, -0.1) is 0 Å². The molecule has 2 aromatic carbocycles. The van der Waals surface area contributed by atoms with Gasteiger partial charge < -0.3 is 10.2 Å². The molecule has 2 heterocycles. The Morgan fingerprint density at radius 1 is 1.14 bits per heavy atom. The van der Waals surface area contributed by atoms with Crippen LogP contribution < -0.4 is 5.32 Å². The SMILES string of the molecule is CN1CCN(Cc2ccc(CNC(=O)c3cc(Br)c4[nH]ncc4c3)cc2)CC1. The Hall–Kier alpha value is -2.22. The third-order valence-corrected chi connectivity index (χ3v) is 5.87. The first kappa shape index (κ1) is 19.1. The largest absolute Gasteiger partial charge is 0.348 e. The molecule has 1 aromatic heterocycles. The average Bonchev–Trinajstić information content (AvgIpc) is 3.18. The van der Waals surface area contributed by atoms with Gasteiger partial charge in [0.25, 0.3) is 5.91 Å². The van der Waals surface area contributed by atoms with Crippen molar-refractivity contribution in [2.75, 3.05) is 33.2 Å². The van der Waals surface area contributed by atoms with Gasteiger partial charge in [0.15, 0.2) is 0 Å². The van der Waals surface area contributed by atoms with Crippen molar-refractivity contribution in [3.63, 3.8) is 0 Å². The fourth-order valence-corrected chi connectivity index (χ4v) is 4.02. The summed E-state index contributed by atoms with van der Waals surface area (Å²) in [4.78, 5) is 17.4. The molecular weight excluding hydrogens is 418 g/mol. The Kier molecular flexibility index (Phi) is 5.75. The molecule has 6 nitrogen and oxygen atoms in total. The van der Waals surface area contributed by atoms with Crippen molar-refractivity contribution in [3.05, 3.63) is 63.8 Å². The normalized spacial score (nSPS) is 15.8. The van der Waals surface area contributed by atoms with Gasteiger partial charge in [-0.3, -0.25) is 14.8 Å². The number of nitrogens with one attached hydrogen (secondary N) is 2.